The van der Waals surface area contributed by atoms with Gasteiger partial charge in [-0.15, -0.1) is 0 Å². The maximum absolute atomic E-state index is 12.4. The van der Waals surface area contributed by atoms with Crippen molar-refractivity contribution in [3.8, 4) is 11.1 Å². The number of rotatable bonds is 4. The molecule has 0 atom stereocenters. The third kappa shape index (κ3) is 2.50. The molecule has 0 saturated heterocycles. The number of benzene rings is 1. The normalized spacial score (nSPS) is 10.6. The quantitative estimate of drug-likeness (QED) is 0.810. The third-order valence-corrected chi connectivity index (χ3v) is 2.85. The SMILES string of the molecule is [CH2]Cc1cn(CCF)cc(-c2ccccc2)c1=O. The molecule has 93 valence electrons. The van der Waals surface area contributed by atoms with Crippen molar-refractivity contribution in [2.75, 3.05) is 6.67 Å². The van der Waals surface area contributed by atoms with Crippen LogP contribution < -0.4 is 5.43 Å². The van der Waals surface area contributed by atoms with Gasteiger partial charge in [0.25, 0.3) is 0 Å². The predicted octanol–water partition coefficient (Wildman–Crippen LogP) is 2.86. The Hall–Kier alpha value is -1.90. The van der Waals surface area contributed by atoms with Gasteiger partial charge in [0.15, 0.2) is 5.43 Å². The summed E-state index contributed by atoms with van der Waals surface area (Å²) in [7, 11) is 0. The molecule has 0 saturated carbocycles. The maximum Gasteiger partial charge on any atom is 0.192 e. The second-order valence-electron chi connectivity index (χ2n) is 4.07. The van der Waals surface area contributed by atoms with Crippen LogP contribution in [0.25, 0.3) is 11.1 Å². The van der Waals surface area contributed by atoms with E-state index in [1.807, 2.05) is 30.3 Å². The molecule has 0 aliphatic heterocycles. The molecule has 0 unspecified atom stereocenters. The first-order valence-electron chi connectivity index (χ1n) is 5.90. The molecule has 0 spiro atoms. The minimum atomic E-state index is -0.451. The van der Waals surface area contributed by atoms with Crippen molar-refractivity contribution in [1.82, 2.24) is 4.57 Å². The van der Waals surface area contributed by atoms with Gasteiger partial charge in [-0.3, -0.25) is 4.79 Å². The van der Waals surface area contributed by atoms with Crippen molar-refractivity contribution < 1.29 is 4.39 Å². The van der Waals surface area contributed by atoms with Crippen molar-refractivity contribution in [1.29, 1.82) is 0 Å². The average Bonchev–Trinajstić information content (AvgIpc) is 2.42. The molecular weight excluding hydrogens is 229 g/mol. The van der Waals surface area contributed by atoms with Gasteiger partial charge in [0.05, 0.1) is 6.54 Å². The molecule has 2 rings (SSSR count). The maximum atomic E-state index is 12.4. The van der Waals surface area contributed by atoms with Crippen LogP contribution in [0.15, 0.2) is 47.5 Å². The van der Waals surface area contributed by atoms with E-state index in [9.17, 15) is 9.18 Å². The van der Waals surface area contributed by atoms with E-state index in [0.717, 1.165) is 5.56 Å². The number of aromatic nitrogens is 1. The molecule has 0 aliphatic rings. The van der Waals surface area contributed by atoms with Crippen LogP contribution in [0.3, 0.4) is 0 Å². The van der Waals surface area contributed by atoms with E-state index in [1.165, 1.54) is 0 Å². The fourth-order valence-electron chi connectivity index (χ4n) is 1.92. The lowest BCUT2D eigenvalue weighted by molar-refractivity contribution is 0.444. The molecular formula is C15H15FNO. The van der Waals surface area contributed by atoms with Gasteiger partial charge in [0.2, 0.25) is 0 Å². The van der Waals surface area contributed by atoms with Gasteiger partial charge in [-0.2, -0.15) is 0 Å². The summed E-state index contributed by atoms with van der Waals surface area (Å²) in [6.45, 7) is 3.55. The molecule has 0 bridgehead atoms. The summed E-state index contributed by atoms with van der Waals surface area (Å²) in [5.74, 6) is 0. The fraction of sp³-hybridized carbons (Fsp3) is 0.200. The van der Waals surface area contributed by atoms with Crippen molar-refractivity contribution >= 4 is 0 Å². The number of pyridine rings is 1. The van der Waals surface area contributed by atoms with Crippen molar-refractivity contribution in [3.63, 3.8) is 0 Å². The summed E-state index contributed by atoms with van der Waals surface area (Å²) in [4.78, 5) is 12.2. The minimum absolute atomic E-state index is 0.0219. The molecule has 0 N–H and O–H groups in total. The first-order chi connectivity index (χ1) is 8.76. The van der Waals surface area contributed by atoms with Crippen LogP contribution in [-0.4, -0.2) is 11.2 Å². The summed E-state index contributed by atoms with van der Waals surface area (Å²) < 4.78 is 14.1. The molecule has 1 heterocycles. The van der Waals surface area contributed by atoms with E-state index in [2.05, 4.69) is 6.92 Å². The van der Waals surface area contributed by atoms with Gasteiger partial charge in [-0.05, 0) is 18.9 Å². The number of aryl methyl sites for hydroxylation is 1. The van der Waals surface area contributed by atoms with Gasteiger partial charge in [0.1, 0.15) is 6.67 Å². The molecule has 1 aromatic carbocycles. The zero-order valence-electron chi connectivity index (χ0n) is 10.1. The van der Waals surface area contributed by atoms with Crippen LogP contribution in [-0.2, 0) is 13.0 Å². The largest absolute Gasteiger partial charge is 0.350 e. The Bertz CT molecular complexity index is 575. The van der Waals surface area contributed by atoms with Crippen LogP contribution in [0.1, 0.15) is 5.56 Å². The lowest BCUT2D eigenvalue weighted by atomic mass is 10.0. The summed E-state index contributed by atoms with van der Waals surface area (Å²) in [5.41, 5.74) is 2.05. The number of alkyl halides is 1. The highest BCUT2D eigenvalue weighted by Crippen LogP contribution is 2.15. The molecule has 1 aromatic heterocycles. The Balaban J connectivity index is 2.59. The molecule has 0 fully saturated rings. The average molecular weight is 244 g/mol. The van der Waals surface area contributed by atoms with E-state index in [0.29, 0.717) is 17.5 Å². The van der Waals surface area contributed by atoms with E-state index >= 15 is 0 Å². The summed E-state index contributed by atoms with van der Waals surface area (Å²) in [5, 5.41) is 0. The van der Waals surface area contributed by atoms with Crippen LogP contribution in [0.5, 0.6) is 0 Å². The van der Waals surface area contributed by atoms with Crippen LogP contribution in [0, 0.1) is 6.92 Å². The third-order valence-electron chi connectivity index (χ3n) is 2.85. The fourth-order valence-corrected chi connectivity index (χ4v) is 1.92. The molecule has 2 nitrogen and oxygen atoms in total. The van der Waals surface area contributed by atoms with E-state index in [4.69, 9.17) is 0 Å². The standard InChI is InChI=1S/C15H15FNO/c1-2-12-10-17(9-8-16)11-14(15(12)18)13-6-4-3-5-7-13/h3-7,10-11H,1-2,8-9H2. The zero-order chi connectivity index (χ0) is 13.0. The molecule has 0 amide bonds. The number of hydrogen-bond acceptors (Lipinski definition) is 1. The monoisotopic (exact) mass is 244 g/mol. The second kappa shape index (κ2) is 5.63. The summed E-state index contributed by atoms with van der Waals surface area (Å²) >= 11 is 0. The molecule has 2 aromatic rings. The van der Waals surface area contributed by atoms with Crippen LogP contribution in [0.4, 0.5) is 4.39 Å². The van der Waals surface area contributed by atoms with Crippen molar-refractivity contribution in [2.45, 2.75) is 13.0 Å². The van der Waals surface area contributed by atoms with Gasteiger partial charge in [0, 0.05) is 23.5 Å². The Morgan fingerprint density at radius 3 is 2.50 bits per heavy atom. The first kappa shape index (κ1) is 12.6. The predicted molar refractivity (Wildman–Crippen MR) is 71.2 cm³/mol. The number of halogens is 1. The molecule has 18 heavy (non-hydrogen) atoms. The van der Waals surface area contributed by atoms with Crippen LogP contribution in [0.2, 0.25) is 0 Å². The highest BCUT2D eigenvalue weighted by atomic mass is 19.1. The van der Waals surface area contributed by atoms with Crippen LogP contribution >= 0.6 is 0 Å². The van der Waals surface area contributed by atoms with Crippen molar-refractivity contribution in [2.24, 2.45) is 0 Å². The molecule has 3 heteroatoms. The Morgan fingerprint density at radius 2 is 1.89 bits per heavy atom. The second-order valence-corrected chi connectivity index (χ2v) is 4.07. The summed E-state index contributed by atoms with van der Waals surface area (Å²) in [6.07, 6.45) is 3.80. The minimum Gasteiger partial charge on any atom is -0.350 e. The lowest BCUT2D eigenvalue weighted by Crippen LogP contribution is -2.15. The van der Waals surface area contributed by atoms with Gasteiger partial charge in [-0.1, -0.05) is 30.3 Å². The Kier molecular flexibility index (Phi) is 3.92. The first-order valence-corrected chi connectivity index (χ1v) is 5.90. The highest BCUT2D eigenvalue weighted by molar-refractivity contribution is 5.62. The van der Waals surface area contributed by atoms with Gasteiger partial charge >= 0.3 is 0 Å². The zero-order valence-corrected chi connectivity index (χ0v) is 10.1. The van der Waals surface area contributed by atoms with E-state index in [1.54, 1.807) is 17.0 Å². The number of nitrogens with zero attached hydrogens (tertiary/aromatic N) is 1. The van der Waals surface area contributed by atoms with Crippen molar-refractivity contribution in [3.05, 3.63) is 65.4 Å². The smallest absolute Gasteiger partial charge is 0.192 e. The Labute approximate surface area is 106 Å². The lowest BCUT2D eigenvalue weighted by Gasteiger charge is -2.10. The highest BCUT2D eigenvalue weighted by Gasteiger charge is 2.08. The molecule has 0 aliphatic carbocycles. The van der Waals surface area contributed by atoms with E-state index in [-0.39, 0.29) is 12.0 Å². The summed E-state index contributed by atoms with van der Waals surface area (Å²) in [6, 6.07) is 9.41. The topological polar surface area (TPSA) is 22.0 Å². The Morgan fingerprint density at radius 1 is 1.17 bits per heavy atom. The van der Waals surface area contributed by atoms with E-state index < -0.39 is 6.67 Å². The van der Waals surface area contributed by atoms with Gasteiger partial charge in [-0.25, -0.2) is 4.39 Å². The molecule has 1 radical (unpaired) electrons. The van der Waals surface area contributed by atoms with Gasteiger partial charge < -0.3 is 4.57 Å². The number of hydrogen-bond donors (Lipinski definition) is 0.